The second-order valence-corrected chi connectivity index (χ2v) is 5.52. The Hall–Kier alpha value is -0.0500. The molecule has 3 heteroatoms. The maximum Gasteiger partial charge on any atom is 0.0609 e. The summed E-state index contributed by atoms with van der Waals surface area (Å²) in [6, 6.07) is 5.83. The molecule has 15 heavy (non-hydrogen) atoms. The first-order valence-corrected chi connectivity index (χ1v) is 6.46. The van der Waals surface area contributed by atoms with E-state index in [2.05, 4.69) is 15.9 Å². The Morgan fingerprint density at radius 1 is 1.47 bits per heavy atom. The number of aliphatic hydroxyl groups excluding tert-OH is 1. The Morgan fingerprint density at radius 3 is 2.73 bits per heavy atom. The summed E-state index contributed by atoms with van der Waals surface area (Å²) in [6.07, 6.45) is 4.04. The lowest BCUT2D eigenvalue weighted by molar-refractivity contribution is 0.0630. The topological polar surface area (TPSA) is 20.2 Å². The molecule has 1 aliphatic rings. The summed E-state index contributed by atoms with van der Waals surface area (Å²) in [7, 11) is 0. The zero-order valence-electron chi connectivity index (χ0n) is 8.42. The van der Waals surface area contributed by atoms with Crippen molar-refractivity contribution < 1.29 is 5.11 Å². The average molecular weight is 290 g/mol. The van der Waals surface area contributed by atoms with Crippen LogP contribution in [-0.4, -0.2) is 11.2 Å². The van der Waals surface area contributed by atoms with Gasteiger partial charge in [0, 0.05) is 15.9 Å². The van der Waals surface area contributed by atoms with Gasteiger partial charge in [0.1, 0.15) is 0 Å². The largest absolute Gasteiger partial charge is 0.392 e. The van der Waals surface area contributed by atoms with Gasteiger partial charge in [-0.05, 0) is 36.5 Å². The lowest BCUT2D eigenvalue weighted by Gasteiger charge is -2.30. The Morgan fingerprint density at radius 2 is 2.20 bits per heavy atom. The zero-order valence-corrected chi connectivity index (χ0v) is 10.8. The molecule has 1 aliphatic carbocycles. The number of aliphatic hydroxyl groups is 1. The van der Waals surface area contributed by atoms with Gasteiger partial charge in [-0.25, -0.2) is 0 Å². The van der Waals surface area contributed by atoms with Crippen molar-refractivity contribution in [2.24, 2.45) is 5.92 Å². The molecule has 0 amide bonds. The lowest BCUT2D eigenvalue weighted by atomic mass is 9.79. The number of hydrogen-bond acceptors (Lipinski definition) is 1. The summed E-state index contributed by atoms with van der Waals surface area (Å²) in [4.78, 5) is 0. The maximum absolute atomic E-state index is 9.95. The molecule has 0 saturated heterocycles. The highest BCUT2D eigenvalue weighted by atomic mass is 79.9. The molecule has 0 bridgehead atoms. The van der Waals surface area contributed by atoms with Gasteiger partial charge in [0.15, 0.2) is 0 Å². The van der Waals surface area contributed by atoms with E-state index in [0.717, 1.165) is 27.9 Å². The molecule has 82 valence electrons. The van der Waals surface area contributed by atoms with Crippen molar-refractivity contribution in [1.29, 1.82) is 0 Å². The van der Waals surface area contributed by atoms with E-state index in [1.54, 1.807) is 0 Å². The molecule has 1 nitrogen and oxygen atoms in total. The number of benzene rings is 1. The molecule has 0 heterocycles. The molecular weight excluding hydrogens is 275 g/mol. The smallest absolute Gasteiger partial charge is 0.0609 e. The van der Waals surface area contributed by atoms with E-state index in [1.807, 2.05) is 18.2 Å². The summed E-state index contributed by atoms with van der Waals surface area (Å²) >= 11 is 9.47. The van der Waals surface area contributed by atoms with Crippen LogP contribution in [-0.2, 0) is 6.42 Å². The van der Waals surface area contributed by atoms with Crippen LogP contribution in [0.25, 0.3) is 0 Å². The SMILES string of the molecule is OC(Cc1ccc(Br)cc1Cl)C1CCC1. The molecule has 0 aliphatic heterocycles. The van der Waals surface area contributed by atoms with E-state index >= 15 is 0 Å². The van der Waals surface area contributed by atoms with Crippen LogP contribution in [0.4, 0.5) is 0 Å². The second-order valence-electron chi connectivity index (χ2n) is 4.20. The van der Waals surface area contributed by atoms with E-state index < -0.39 is 0 Å². The average Bonchev–Trinajstić information content (AvgIpc) is 2.07. The van der Waals surface area contributed by atoms with Gasteiger partial charge in [-0.1, -0.05) is 40.0 Å². The predicted octanol–water partition coefficient (Wildman–Crippen LogP) is 3.81. The molecule has 1 atom stereocenters. The third-order valence-electron chi connectivity index (χ3n) is 3.14. The Labute approximate surface area is 104 Å². The number of halogens is 2. The van der Waals surface area contributed by atoms with Crippen molar-refractivity contribution in [3.05, 3.63) is 33.3 Å². The molecule has 1 fully saturated rings. The van der Waals surface area contributed by atoms with Crippen LogP contribution in [0.15, 0.2) is 22.7 Å². The van der Waals surface area contributed by atoms with Crippen molar-refractivity contribution in [2.75, 3.05) is 0 Å². The first-order chi connectivity index (χ1) is 7.16. The van der Waals surface area contributed by atoms with Crippen molar-refractivity contribution in [3.63, 3.8) is 0 Å². The fourth-order valence-electron chi connectivity index (χ4n) is 1.90. The van der Waals surface area contributed by atoms with Gasteiger partial charge in [0.05, 0.1) is 6.10 Å². The maximum atomic E-state index is 9.95. The first kappa shape index (κ1) is 11.4. The quantitative estimate of drug-likeness (QED) is 0.897. The second kappa shape index (κ2) is 4.86. The summed E-state index contributed by atoms with van der Waals surface area (Å²) < 4.78 is 0.981. The summed E-state index contributed by atoms with van der Waals surface area (Å²) in [6.45, 7) is 0. The van der Waals surface area contributed by atoms with Crippen molar-refractivity contribution >= 4 is 27.5 Å². The molecule has 1 saturated carbocycles. The Kier molecular flexibility index (Phi) is 3.70. The number of hydrogen-bond donors (Lipinski definition) is 1. The summed E-state index contributed by atoms with van der Waals surface area (Å²) in [5, 5.41) is 10.7. The molecular formula is C12H14BrClO. The van der Waals surface area contributed by atoms with Crippen LogP contribution in [0.2, 0.25) is 5.02 Å². The fraction of sp³-hybridized carbons (Fsp3) is 0.500. The van der Waals surface area contributed by atoms with Crippen LogP contribution in [0.5, 0.6) is 0 Å². The van der Waals surface area contributed by atoms with Crippen molar-refractivity contribution in [1.82, 2.24) is 0 Å². The van der Waals surface area contributed by atoms with Crippen LogP contribution in [0, 0.1) is 5.92 Å². The van der Waals surface area contributed by atoms with E-state index in [4.69, 9.17) is 11.6 Å². The van der Waals surface area contributed by atoms with Gasteiger partial charge in [0.2, 0.25) is 0 Å². The molecule has 1 N–H and O–H groups in total. The molecule has 1 unspecified atom stereocenters. The van der Waals surface area contributed by atoms with Gasteiger partial charge in [0.25, 0.3) is 0 Å². The zero-order chi connectivity index (χ0) is 10.8. The lowest BCUT2D eigenvalue weighted by Crippen LogP contribution is -2.28. The molecule has 0 spiro atoms. The molecule has 0 aromatic heterocycles. The van der Waals surface area contributed by atoms with Crippen molar-refractivity contribution in [2.45, 2.75) is 31.8 Å². The highest BCUT2D eigenvalue weighted by molar-refractivity contribution is 9.10. The van der Waals surface area contributed by atoms with Crippen LogP contribution in [0.1, 0.15) is 24.8 Å². The minimum atomic E-state index is -0.225. The molecule has 2 rings (SSSR count). The highest BCUT2D eigenvalue weighted by Gasteiger charge is 2.25. The predicted molar refractivity (Wildman–Crippen MR) is 66.2 cm³/mol. The van der Waals surface area contributed by atoms with E-state index in [0.29, 0.717) is 12.3 Å². The third kappa shape index (κ3) is 2.74. The third-order valence-corrected chi connectivity index (χ3v) is 3.98. The normalized spacial score (nSPS) is 18.6. The molecule has 1 aromatic carbocycles. The number of rotatable bonds is 3. The van der Waals surface area contributed by atoms with Gasteiger partial charge in [-0.15, -0.1) is 0 Å². The van der Waals surface area contributed by atoms with Crippen LogP contribution >= 0.6 is 27.5 Å². The van der Waals surface area contributed by atoms with Crippen LogP contribution in [0.3, 0.4) is 0 Å². The molecule has 1 aromatic rings. The van der Waals surface area contributed by atoms with Gasteiger partial charge >= 0.3 is 0 Å². The van der Waals surface area contributed by atoms with Crippen LogP contribution < -0.4 is 0 Å². The molecule has 0 radical (unpaired) electrons. The van der Waals surface area contributed by atoms with Gasteiger partial charge in [-0.3, -0.25) is 0 Å². The van der Waals surface area contributed by atoms with E-state index in [9.17, 15) is 5.11 Å². The fourth-order valence-corrected chi connectivity index (χ4v) is 2.65. The van der Waals surface area contributed by atoms with E-state index in [-0.39, 0.29) is 6.10 Å². The Bertz CT molecular complexity index is 349. The monoisotopic (exact) mass is 288 g/mol. The van der Waals surface area contributed by atoms with Crippen molar-refractivity contribution in [3.8, 4) is 0 Å². The van der Waals surface area contributed by atoms with E-state index in [1.165, 1.54) is 6.42 Å². The minimum absolute atomic E-state index is 0.225. The minimum Gasteiger partial charge on any atom is -0.392 e. The summed E-state index contributed by atoms with van der Waals surface area (Å²) in [5.74, 6) is 0.490. The van der Waals surface area contributed by atoms with Gasteiger partial charge < -0.3 is 5.11 Å². The first-order valence-electron chi connectivity index (χ1n) is 5.29. The standard InChI is InChI=1S/C12H14BrClO/c13-10-5-4-9(11(14)7-10)6-12(15)8-2-1-3-8/h4-5,7-8,12,15H,1-3,6H2. The highest BCUT2D eigenvalue weighted by Crippen LogP contribution is 2.32. The van der Waals surface area contributed by atoms with Gasteiger partial charge in [-0.2, -0.15) is 0 Å². The summed E-state index contributed by atoms with van der Waals surface area (Å²) in [5.41, 5.74) is 1.04. The Balaban J connectivity index is 2.03.